The lowest BCUT2D eigenvalue weighted by Crippen LogP contribution is -2.38. The van der Waals surface area contributed by atoms with E-state index in [-0.39, 0.29) is 0 Å². The molecule has 1 aromatic rings. The molecule has 114 valence electrons. The Morgan fingerprint density at radius 3 is 2.70 bits per heavy atom. The summed E-state index contributed by atoms with van der Waals surface area (Å²) in [7, 11) is 5.70. The van der Waals surface area contributed by atoms with Crippen LogP contribution in [0.15, 0.2) is 0 Å². The molecule has 6 heteroatoms. The van der Waals surface area contributed by atoms with Gasteiger partial charge in [-0.15, -0.1) is 0 Å². The number of likely N-dealkylation sites (tertiary alicyclic amines) is 1. The van der Waals surface area contributed by atoms with Crippen LogP contribution < -0.4 is 15.0 Å². The number of aromatic nitrogens is 1. The van der Waals surface area contributed by atoms with E-state index in [0.29, 0.717) is 6.04 Å². The third kappa shape index (κ3) is 3.84. The quantitative estimate of drug-likeness (QED) is 0.831. The van der Waals surface area contributed by atoms with E-state index >= 15 is 0 Å². The molecule has 5 nitrogen and oxygen atoms in total. The third-order valence-electron chi connectivity index (χ3n) is 3.72. The highest BCUT2D eigenvalue weighted by atomic mass is 32.1. The summed E-state index contributed by atoms with van der Waals surface area (Å²) < 4.78 is 5.36. The molecule has 1 N–H and O–H groups in total. The van der Waals surface area contributed by atoms with Gasteiger partial charge >= 0.3 is 0 Å². The molecule has 2 rings (SSSR count). The van der Waals surface area contributed by atoms with Crippen LogP contribution in [-0.2, 0) is 6.54 Å². The Kier molecular flexibility index (Phi) is 5.63. The maximum absolute atomic E-state index is 5.36. The first-order chi connectivity index (χ1) is 9.61. The van der Waals surface area contributed by atoms with Crippen molar-refractivity contribution in [1.82, 2.24) is 15.2 Å². The molecule has 1 atom stereocenters. The molecule has 0 saturated carbocycles. The number of thiazole rings is 1. The summed E-state index contributed by atoms with van der Waals surface area (Å²) >= 11 is 1.69. The lowest BCUT2D eigenvalue weighted by molar-refractivity contribution is 0.251. The first kappa shape index (κ1) is 15.5. The van der Waals surface area contributed by atoms with Gasteiger partial charge in [0.25, 0.3) is 0 Å². The summed E-state index contributed by atoms with van der Waals surface area (Å²) in [5.41, 5.74) is 0. The number of ether oxygens (including phenoxy) is 1. The van der Waals surface area contributed by atoms with Crippen molar-refractivity contribution in [2.24, 2.45) is 0 Å². The Balaban J connectivity index is 1.83. The highest BCUT2D eigenvalue weighted by molar-refractivity contribution is 7.15. The first-order valence-electron chi connectivity index (χ1n) is 7.27. The van der Waals surface area contributed by atoms with Crippen molar-refractivity contribution in [1.29, 1.82) is 0 Å². The maximum Gasteiger partial charge on any atom is 0.230 e. The number of rotatable bonds is 7. The van der Waals surface area contributed by atoms with Crippen molar-refractivity contribution in [2.75, 3.05) is 45.7 Å². The van der Waals surface area contributed by atoms with Crippen LogP contribution in [-0.4, -0.2) is 56.8 Å². The largest absolute Gasteiger partial charge is 0.480 e. The maximum atomic E-state index is 5.36. The van der Waals surface area contributed by atoms with Gasteiger partial charge in [-0.3, -0.25) is 4.90 Å². The monoisotopic (exact) mass is 298 g/mol. The van der Waals surface area contributed by atoms with Crippen LogP contribution >= 0.6 is 11.3 Å². The Labute approximate surface area is 125 Å². The van der Waals surface area contributed by atoms with Gasteiger partial charge in [0.2, 0.25) is 5.88 Å². The topological polar surface area (TPSA) is 40.6 Å². The molecule has 1 aliphatic rings. The van der Waals surface area contributed by atoms with E-state index in [4.69, 9.17) is 4.74 Å². The van der Waals surface area contributed by atoms with Crippen LogP contribution in [0, 0.1) is 0 Å². The molecule has 20 heavy (non-hydrogen) atoms. The fourth-order valence-corrected chi connectivity index (χ4v) is 3.42. The Morgan fingerprint density at radius 1 is 1.40 bits per heavy atom. The van der Waals surface area contributed by atoms with E-state index in [0.717, 1.165) is 24.1 Å². The Bertz CT molecular complexity index is 415. The number of nitrogens with zero attached hydrogens (tertiary/aromatic N) is 3. The molecular formula is C14H26N4OS. The van der Waals surface area contributed by atoms with Gasteiger partial charge in [0, 0.05) is 33.2 Å². The molecule has 1 aromatic heterocycles. The molecule has 0 radical (unpaired) electrons. The molecule has 1 unspecified atom stereocenters. The Morgan fingerprint density at radius 2 is 2.10 bits per heavy atom. The van der Waals surface area contributed by atoms with Gasteiger partial charge in [-0.05, 0) is 32.9 Å². The number of anilines is 1. The molecule has 0 aromatic carbocycles. The second-order valence-electron chi connectivity index (χ2n) is 5.55. The van der Waals surface area contributed by atoms with E-state index < -0.39 is 0 Å². The fourth-order valence-electron chi connectivity index (χ4n) is 2.49. The predicted octanol–water partition coefficient (Wildman–Crippen LogP) is 1.79. The average molecular weight is 298 g/mol. The van der Waals surface area contributed by atoms with E-state index in [9.17, 15) is 0 Å². The van der Waals surface area contributed by atoms with Crippen molar-refractivity contribution in [3.8, 4) is 5.88 Å². The van der Waals surface area contributed by atoms with Gasteiger partial charge in [-0.1, -0.05) is 11.3 Å². The van der Waals surface area contributed by atoms with Gasteiger partial charge in [-0.2, -0.15) is 4.98 Å². The molecule has 0 amide bonds. The average Bonchev–Trinajstić information content (AvgIpc) is 3.07. The van der Waals surface area contributed by atoms with Crippen molar-refractivity contribution in [2.45, 2.75) is 32.4 Å². The summed E-state index contributed by atoms with van der Waals surface area (Å²) in [6.07, 6.45) is 2.69. The van der Waals surface area contributed by atoms with E-state index in [1.165, 1.54) is 30.8 Å². The van der Waals surface area contributed by atoms with Gasteiger partial charge < -0.3 is 15.0 Å². The number of hydrogen-bond acceptors (Lipinski definition) is 6. The SMILES string of the molecule is COc1nc(N(C)C)sc1CNCC(C)N1CCCC1. The zero-order valence-electron chi connectivity index (χ0n) is 13.0. The smallest absolute Gasteiger partial charge is 0.230 e. The van der Waals surface area contributed by atoms with Crippen LogP contribution in [0.5, 0.6) is 5.88 Å². The number of hydrogen-bond donors (Lipinski definition) is 1. The van der Waals surface area contributed by atoms with Gasteiger partial charge in [0.05, 0.1) is 12.0 Å². The zero-order chi connectivity index (χ0) is 14.5. The minimum absolute atomic E-state index is 0.602. The molecular weight excluding hydrogens is 272 g/mol. The molecule has 0 aliphatic carbocycles. The lowest BCUT2D eigenvalue weighted by atomic mass is 10.3. The van der Waals surface area contributed by atoms with Crippen LogP contribution in [0.2, 0.25) is 0 Å². The summed E-state index contributed by atoms with van der Waals surface area (Å²) in [6, 6.07) is 0.602. The highest BCUT2D eigenvalue weighted by Gasteiger charge is 2.18. The minimum atomic E-state index is 0.602. The van der Waals surface area contributed by atoms with Crippen LogP contribution in [0.1, 0.15) is 24.6 Å². The van der Waals surface area contributed by atoms with Crippen LogP contribution in [0.3, 0.4) is 0 Å². The van der Waals surface area contributed by atoms with Crippen LogP contribution in [0.25, 0.3) is 0 Å². The molecule has 1 fully saturated rings. The van der Waals surface area contributed by atoms with Crippen molar-refractivity contribution in [3.63, 3.8) is 0 Å². The van der Waals surface area contributed by atoms with Crippen molar-refractivity contribution >= 4 is 16.5 Å². The normalized spacial score (nSPS) is 17.4. The predicted molar refractivity (Wildman–Crippen MR) is 85.0 cm³/mol. The number of nitrogens with one attached hydrogen (secondary N) is 1. The second-order valence-corrected chi connectivity index (χ2v) is 6.61. The van der Waals surface area contributed by atoms with Crippen LogP contribution in [0.4, 0.5) is 5.13 Å². The summed E-state index contributed by atoms with van der Waals surface area (Å²) in [5, 5.41) is 4.53. The molecule has 1 aliphatic heterocycles. The molecule has 2 heterocycles. The minimum Gasteiger partial charge on any atom is -0.480 e. The molecule has 0 bridgehead atoms. The standard InChI is InChI=1S/C14H26N4OS/c1-11(18-7-5-6-8-18)9-15-10-12-13(19-4)16-14(20-12)17(2)3/h11,15H,5-10H2,1-4H3. The molecule has 1 saturated heterocycles. The van der Waals surface area contributed by atoms with E-state index in [1.807, 2.05) is 19.0 Å². The molecule has 0 spiro atoms. The second kappa shape index (κ2) is 7.24. The Hall–Kier alpha value is -0.850. The number of methoxy groups -OCH3 is 1. The zero-order valence-corrected chi connectivity index (χ0v) is 13.8. The van der Waals surface area contributed by atoms with Gasteiger partial charge in [0.1, 0.15) is 0 Å². The lowest BCUT2D eigenvalue weighted by Gasteiger charge is -2.23. The fraction of sp³-hybridized carbons (Fsp3) is 0.786. The summed E-state index contributed by atoms with van der Waals surface area (Å²) in [5.74, 6) is 0.750. The van der Waals surface area contributed by atoms with Gasteiger partial charge in [0.15, 0.2) is 5.13 Å². The van der Waals surface area contributed by atoms with E-state index in [2.05, 4.69) is 22.1 Å². The van der Waals surface area contributed by atoms with E-state index in [1.54, 1.807) is 18.4 Å². The summed E-state index contributed by atoms with van der Waals surface area (Å²) in [6.45, 7) is 6.63. The third-order valence-corrected chi connectivity index (χ3v) is 4.92. The van der Waals surface area contributed by atoms with Crippen molar-refractivity contribution in [3.05, 3.63) is 4.88 Å². The highest BCUT2D eigenvalue weighted by Crippen LogP contribution is 2.30. The summed E-state index contributed by atoms with van der Waals surface area (Å²) in [4.78, 5) is 10.2. The van der Waals surface area contributed by atoms with Gasteiger partial charge in [-0.25, -0.2) is 0 Å². The van der Waals surface area contributed by atoms with Crippen molar-refractivity contribution < 1.29 is 4.74 Å². The first-order valence-corrected chi connectivity index (χ1v) is 8.09.